The molecule has 0 aliphatic heterocycles. The molecule has 0 unspecified atom stereocenters. The van der Waals surface area contributed by atoms with Crippen LogP contribution in [0.2, 0.25) is 0 Å². The third-order valence-corrected chi connectivity index (χ3v) is 1.76. The van der Waals surface area contributed by atoms with Crippen molar-refractivity contribution in [1.82, 2.24) is 14.4 Å². The Morgan fingerprint density at radius 3 is 2.71 bits per heavy atom. The molecule has 74 valence electrons. The van der Waals surface area contributed by atoms with Gasteiger partial charge in [-0.3, -0.25) is 0 Å². The summed E-state index contributed by atoms with van der Waals surface area (Å²) in [5, 5.41) is 0. The van der Waals surface area contributed by atoms with Crippen molar-refractivity contribution in [2.45, 2.75) is 13.1 Å². The smallest absolute Gasteiger partial charge is 0.303 e. The summed E-state index contributed by atoms with van der Waals surface area (Å²) < 4.78 is 38.7. The zero-order chi connectivity index (χ0) is 10.3. The van der Waals surface area contributed by atoms with Crippen LogP contribution in [0.5, 0.6) is 0 Å². The van der Waals surface area contributed by atoms with Crippen molar-refractivity contribution in [1.29, 1.82) is 0 Å². The lowest BCUT2D eigenvalue weighted by Gasteiger charge is -2.07. The maximum atomic E-state index is 12.5. The minimum absolute atomic E-state index is 0.164. The van der Waals surface area contributed by atoms with Gasteiger partial charge in [0, 0.05) is 18.6 Å². The van der Waals surface area contributed by atoms with Crippen LogP contribution in [0.1, 0.15) is 11.4 Å². The van der Waals surface area contributed by atoms with Gasteiger partial charge >= 0.3 is 6.18 Å². The highest BCUT2D eigenvalue weighted by Crippen LogP contribution is 2.30. The van der Waals surface area contributed by atoms with Crippen molar-refractivity contribution in [3.05, 3.63) is 30.0 Å². The Morgan fingerprint density at radius 2 is 2.07 bits per heavy atom. The molecule has 2 aromatic rings. The van der Waals surface area contributed by atoms with Gasteiger partial charge in [-0.1, -0.05) is 0 Å². The first-order valence-corrected chi connectivity index (χ1v) is 3.86. The fourth-order valence-electron chi connectivity index (χ4n) is 1.25. The summed E-state index contributed by atoms with van der Waals surface area (Å²) in [5.41, 5.74) is -0.798. The van der Waals surface area contributed by atoms with E-state index in [9.17, 15) is 13.2 Å². The van der Waals surface area contributed by atoms with Crippen molar-refractivity contribution in [2.75, 3.05) is 0 Å². The molecule has 14 heavy (non-hydrogen) atoms. The molecule has 0 radical (unpaired) electrons. The van der Waals surface area contributed by atoms with Gasteiger partial charge in [0.25, 0.3) is 0 Å². The molecule has 2 heterocycles. The van der Waals surface area contributed by atoms with Crippen LogP contribution in [0, 0.1) is 6.92 Å². The van der Waals surface area contributed by atoms with Crippen LogP contribution in [0.4, 0.5) is 13.2 Å². The number of alkyl halides is 3. The SMILES string of the molecule is Cc1cn2ccnc2c(C(F)(F)F)n1. The van der Waals surface area contributed by atoms with E-state index in [0.29, 0.717) is 5.69 Å². The Balaban J connectivity index is 2.80. The van der Waals surface area contributed by atoms with E-state index in [1.807, 2.05) is 0 Å². The fourth-order valence-corrected chi connectivity index (χ4v) is 1.25. The number of aromatic nitrogens is 3. The van der Waals surface area contributed by atoms with Crippen molar-refractivity contribution in [3.63, 3.8) is 0 Å². The topological polar surface area (TPSA) is 30.2 Å². The van der Waals surface area contributed by atoms with Gasteiger partial charge in [-0.05, 0) is 6.92 Å². The van der Waals surface area contributed by atoms with E-state index >= 15 is 0 Å². The van der Waals surface area contributed by atoms with Gasteiger partial charge in [-0.15, -0.1) is 0 Å². The van der Waals surface area contributed by atoms with E-state index in [-0.39, 0.29) is 5.65 Å². The second kappa shape index (κ2) is 2.70. The van der Waals surface area contributed by atoms with Crippen molar-refractivity contribution >= 4 is 5.65 Å². The number of hydrogen-bond donors (Lipinski definition) is 0. The van der Waals surface area contributed by atoms with Crippen LogP contribution in [0.15, 0.2) is 18.6 Å². The third-order valence-electron chi connectivity index (χ3n) is 1.76. The highest BCUT2D eigenvalue weighted by Gasteiger charge is 2.36. The standard InChI is InChI=1S/C8H6F3N3/c1-5-4-14-3-2-12-7(14)6(13-5)8(9,10)11/h2-4H,1H3. The first-order valence-electron chi connectivity index (χ1n) is 3.86. The van der Waals surface area contributed by atoms with E-state index < -0.39 is 11.9 Å². The van der Waals surface area contributed by atoms with Crippen molar-refractivity contribution in [3.8, 4) is 0 Å². The third kappa shape index (κ3) is 1.32. The van der Waals surface area contributed by atoms with Crippen LogP contribution in [-0.4, -0.2) is 14.4 Å². The minimum Gasteiger partial charge on any atom is -0.303 e. The van der Waals surface area contributed by atoms with E-state index in [1.165, 1.54) is 29.9 Å². The summed E-state index contributed by atoms with van der Waals surface area (Å²) in [6.45, 7) is 1.51. The van der Waals surface area contributed by atoms with Crippen molar-refractivity contribution in [2.24, 2.45) is 0 Å². The molecule has 0 spiro atoms. The molecule has 0 atom stereocenters. The first kappa shape index (κ1) is 8.98. The number of rotatable bonds is 0. The van der Waals surface area contributed by atoms with Gasteiger partial charge in [0.05, 0.1) is 5.69 Å². The van der Waals surface area contributed by atoms with Gasteiger partial charge in [0.15, 0.2) is 11.3 Å². The number of aryl methyl sites for hydroxylation is 1. The summed E-state index contributed by atoms with van der Waals surface area (Å²) in [7, 11) is 0. The Morgan fingerprint density at radius 1 is 1.36 bits per heavy atom. The first-order chi connectivity index (χ1) is 6.48. The Labute approximate surface area is 77.2 Å². The summed E-state index contributed by atoms with van der Waals surface area (Å²) in [6.07, 6.45) is -0.193. The predicted octanol–water partition coefficient (Wildman–Crippen LogP) is 2.06. The highest BCUT2D eigenvalue weighted by atomic mass is 19.4. The molecule has 0 N–H and O–H groups in total. The van der Waals surface area contributed by atoms with Gasteiger partial charge in [0.1, 0.15) is 0 Å². The number of imidazole rings is 1. The lowest BCUT2D eigenvalue weighted by molar-refractivity contribution is -0.140. The van der Waals surface area contributed by atoms with E-state index in [2.05, 4.69) is 9.97 Å². The fraction of sp³-hybridized carbons (Fsp3) is 0.250. The molecule has 3 nitrogen and oxygen atoms in total. The molecular weight excluding hydrogens is 195 g/mol. The molecular formula is C8H6F3N3. The molecule has 0 amide bonds. The van der Waals surface area contributed by atoms with E-state index in [0.717, 1.165) is 0 Å². The van der Waals surface area contributed by atoms with Crippen molar-refractivity contribution < 1.29 is 13.2 Å². The zero-order valence-electron chi connectivity index (χ0n) is 7.21. The van der Waals surface area contributed by atoms with Gasteiger partial charge in [0.2, 0.25) is 0 Å². The van der Waals surface area contributed by atoms with Crippen LogP contribution in [0.3, 0.4) is 0 Å². The summed E-state index contributed by atoms with van der Waals surface area (Å²) >= 11 is 0. The molecule has 0 aliphatic carbocycles. The molecule has 0 saturated heterocycles. The average Bonchev–Trinajstić information content (AvgIpc) is 2.47. The molecule has 6 heteroatoms. The second-order valence-electron chi connectivity index (χ2n) is 2.89. The molecule has 0 aliphatic rings. The average molecular weight is 201 g/mol. The monoisotopic (exact) mass is 201 g/mol. The minimum atomic E-state index is -4.46. The molecule has 2 rings (SSSR count). The largest absolute Gasteiger partial charge is 0.437 e. The van der Waals surface area contributed by atoms with Crippen LogP contribution in [-0.2, 0) is 6.18 Å². The van der Waals surface area contributed by atoms with Gasteiger partial charge in [-0.2, -0.15) is 13.2 Å². The number of nitrogens with zero attached hydrogens (tertiary/aromatic N) is 3. The quantitative estimate of drug-likeness (QED) is 0.653. The van der Waals surface area contributed by atoms with E-state index in [1.54, 1.807) is 0 Å². The number of hydrogen-bond acceptors (Lipinski definition) is 2. The van der Waals surface area contributed by atoms with E-state index in [4.69, 9.17) is 0 Å². The van der Waals surface area contributed by atoms with Crippen LogP contribution >= 0.6 is 0 Å². The molecule has 0 fully saturated rings. The maximum absolute atomic E-state index is 12.5. The Hall–Kier alpha value is -1.59. The van der Waals surface area contributed by atoms with Crippen LogP contribution < -0.4 is 0 Å². The van der Waals surface area contributed by atoms with Gasteiger partial charge in [-0.25, -0.2) is 9.97 Å². The second-order valence-corrected chi connectivity index (χ2v) is 2.89. The molecule has 0 bridgehead atoms. The summed E-state index contributed by atoms with van der Waals surface area (Å²) in [6, 6.07) is 0. The number of fused-ring (bicyclic) bond motifs is 1. The molecule has 0 saturated carbocycles. The van der Waals surface area contributed by atoms with Gasteiger partial charge < -0.3 is 4.40 Å². The predicted molar refractivity (Wildman–Crippen MR) is 42.7 cm³/mol. The highest BCUT2D eigenvalue weighted by molar-refractivity contribution is 5.45. The lowest BCUT2D eigenvalue weighted by atomic mass is 10.4. The molecule has 0 aromatic carbocycles. The zero-order valence-corrected chi connectivity index (χ0v) is 7.21. The normalized spacial score (nSPS) is 12.3. The Kier molecular flexibility index (Phi) is 1.73. The summed E-state index contributed by atoms with van der Waals surface area (Å²) in [4.78, 5) is 7.04. The lowest BCUT2D eigenvalue weighted by Crippen LogP contribution is -2.11. The Bertz CT molecular complexity index is 472. The number of halogens is 3. The van der Waals surface area contributed by atoms with Crippen LogP contribution in [0.25, 0.3) is 5.65 Å². The maximum Gasteiger partial charge on any atom is 0.437 e. The summed E-state index contributed by atoms with van der Waals surface area (Å²) in [5.74, 6) is 0. The molecule has 2 aromatic heterocycles.